The Labute approximate surface area is 82.2 Å². The molecule has 0 aliphatic heterocycles. The van der Waals surface area contributed by atoms with Gasteiger partial charge in [0.05, 0.1) is 6.20 Å². The molecule has 2 N–H and O–H groups in total. The Morgan fingerprint density at radius 2 is 2.07 bits per heavy atom. The Kier molecular flexibility index (Phi) is 2.04. The van der Waals surface area contributed by atoms with Crippen LogP contribution in [0.25, 0.3) is 11.2 Å². The lowest BCUT2D eigenvalue weighted by atomic mass is 10.0. The number of fused-ring (bicyclic) bond motifs is 1. The van der Waals surface area contributed by atoms with Crippen LogP contribution < -0.4 is 5.73 Å². The van der Waals surface area contributed by atoms with Gasteiger partial charge in [0.2, 0.25) is 0 Å². The molecular formula is C10H12N4. The van der Waals surface area contributed by atoms with Crippen LogP contribution in [0.5, 0.6) is 0 Å². The van der Waals surface area contributed by atoms with E-state index in [0.29, 0.717) is 17.4 Å². The number of anilines is 1. The van der Waals surface area contributed by atoms with Gasteiger partial charge in [-0.15, -0.1) is 0 Å². The molecular weight excluding hydrogens is 176 g/mol. The van der Waals surface area contributed by atoms with Crippen molar-refractivity contribution in [1.82, 2.24) is 15.0 Å². The third-order valence-corrected chi connectivity index (χ3v) is 2.12. The van der Waals surface area contributed by atoms with Gasteiger partial charge >= 0.3 is 0 Å². The van der Waals surface area contributed by atoms with Crippen LogP contribution in [0.1, 0.15) is 25.3 Å². The van der Waals surface area contributed by atoms with Crippen LogP contribution in [0.3, 0.4) is 0 Å². The van der Waals surface area contributed by atoms with Crippen molar-refractivity contribution < 1.29 is 0 Å². The second kappa shape index (κ2) is 3.21. The SMILES string of the molecule is CC(C)c1ccnc2nc(N)cnc12. The van der Waals surface area contributed by atoms with Crippen molar-refractivity contribution in [1.29, 1.82) is 0 Å². The van der Waals surface area contributed by atoms with E-state index in [4.69, 9.17) is 5.73 Å². The van der Waals surface area contributed by atoms with Crippen LogP contribution in [-0.4, -0.2) is 15.0 Å². The van der Waals surface area contributed by atoms with Crippen LogP contribution in [0.15, 0.2) is 18.5 Å². The molecule has 72 valence electrons. The van der Waals surface area contributed by atoms with Crippen molar-refractivity contribution in [3.8, 4) is 0 Å². The van der Waals surface area contributed by atoms with Gasteiger partial charge < -0.3 is 5.73 Å². The van der Waals surface area contributed by atoms with Crippen molar-refractivity contribution >= 4 is 17.0 Å². The third-order valence-electron chi connectivity index (χ3n) is 2.12. The van der Waals surface area contributed by atoms with Gasteiger partial charge in [0, 0.05) is 6.20 Å². The van der Waals surface area contributed by atoms with Crippen LogP contribution in [-0.2, 0) is 0 Å². The van der Waals surface area contributed by atoms with E-state index in [2.05, 4.69) is 28.8 Å². The minimum Gasteiger partial charge on any atom is -0.382 e. The first kappa shape index (κ1) is 8.87. The number of nitrogen functional groups attached to an aromatic ring is 1. The van der Waals surface area contributed by atoms with Gasteiger partial charge in [-0.25, -0.2) is 15.0 Å². The zero-order valence-corrected chi connectivity index (χ0v) is 8.23. The minimum atomic E-state index is 0.408. The summed E-state index contributed by atoms with van der Waals surface area (Å²) in [5.74, 6) is 0.823. The molecule has 0 aliphatic rings. The maximum absolute atomic E-state index is 5.54. The topological polar surface area (TPSA) is 64.7 Å². The second-order valence-electron chi connectivity index (χ2n) is 3.52. The molecule has 0 aliphatic carbocycles. The minimum absolute atomic E-state index is 0.408. The monoisotopic (exact) mass is 188 g/mol. The van der Waals surface area contributed by atoms with Gasteiger partial charge in [-0.3, -0.25) is 0 Å². The first-order valence-electron chi connectivity index (χ1n) is 4.55. The highest BCUT2D eigenvalue weighted by molar-refractivity contribution is 5.75. The number of aromatic nitrogens is 3. The van der Waals surface area contributed by atoms with Crippen LogP contribution >= 0.6 is 0 Å². The van der Waals surface area contributed by atoms with Crippen molar-refractivity contribution in [2.45, 2.75) is 19.8 Å². The summed E-state index contributed by atoms with van der Waals surface area (Å²) in [6.07, 6.45) is 3.31. The molecule has 2 heterocycles. The zero-order chi connectivity index (χ0) is 10.1. The van der Waals surface area contributed by atoms with E-state index in [1.165, 1.54) is 0 Å². The molecule has 4 heteroatoms. The standard InChI is InChI=1S/C10H12N4/c1-6(2)7-3-4-12-10-9(7)13-5-8(11)14-10/h3-6H,1-2H3,(H2,11,12,14). The van der Waals surface area contributed by atoms with Gasteiger partial charge in [0.25, 0.3) is 0 Å². The molecule has 0 saturated carbocycles. The van der Waals surface area contributed by atoms with E-state index in [-0.39, 0.29) is 0 Å². The summed E-state index contributed by atoms with van der Waals surface area (Å²) in [7, 11) is 0. The molecule has 2 rings (SSSR count). The quantitative estimate of drug-likeness (QED) is 0.740. The molecule has 0 bridgehead atoms. The highest BCUT2D eigenvalue weighted by Crippen LogP contribution is 2.20. The maximum Gasteiger partial charge on any atom is 0.180 e. The number of hydrogen-bond donors (Lipinski definition) is 1. The summed E-state index contributed by atoms with van der Waals surface area (Å²) in [6, 6.07) is 1.97. The predicted octanol–water partition coefficient (Wildman–Crippen LogP) is 1.73. The first-order chi connectivity index (χ1) is 6.68. The molecule has 0 amide bonds. The average Bonchev–Trinajstić information content (AvgIpc) is 2.16. The Hall–Kier alpha value is -1.71. The summed E-state index contributed by atoms with van der Waals surface area (Å²) in [5.41, 5.74) is 8.16. The molecule has 0 radical (unpaired) electrons. The lowest BCUT2D eigenvalue weighted by Gasteiger charge is -2.07. The Morgan fingerprint density at radius 3 is 2.79 bits per heavy atom. The molecule has 2 aromatic rings. The summed E-state index contributed by atoms with van der Waals surface area (Å²) >= 11 is 0. The van der Waals surface area contributed by atoms with Gasteiger partial charge in [-0.05, 0) is 17.5 Å². The van der Waals surface area contributed by atoms with Crippen molar-refractivity contribution in [3.05, 3.63) is 24.0 Å². The van der Waals surface area contributed by atoms with Gasteiger partial charge in [0.1, 0.15) is 11.3 Å². The Balaban J connectivity index is 2.75. The summed E-state index contributed by atoms with van der Waals surface area (Å²) in [6.45, 7) is 4.24. The van der Waals surface area contributed by atoms with E-state index in [1.54, 1.807) is 12.4 Å². The number of hydrogen-bond acceptors (Lipinski definition) is 4. The molecule has 0 unspecified atom stereocenters. The third kappa shape index (κ3) is 1.39. The molecule has 0 fully saturated rings. The van der Waals surface area contributed by atoms with Crippen LogP contribution in [0.4, 0.5) is 5.82 Å². The van der Waals surface area contributed by atoms with Gasteiger partial charge in [-0.1, -0.05) is 13.8 Å². The average molecular weight is 188 g/mol. The molecule has 0 saturated heterocycles. The summed E-state index contributed by atoms with van der Waals surface area (Å²) in [4.78, 5) is 12.5. The largest absolute Gasteiger partial charge is 0.382 e. The Morgan fingerprint density at radius 1 is 1.29 bits per heavy atom. The molecule has 4 nitrogen and oxygen atoms in total. The van der Waals surface area contributed by atoms with E-state index >= 15 is 0 Å². The fourth-order valence-corrected chi connectivity index (χ4v) is 1.42. The molecule has 0 atom stereocenters. The fraction of sp³-hybridized carbons (Fsp3) is 0.300. The van der Waals surface area contributed by atoms with Crippen LogP contribution in [0, 0.1) is 0 Å². The van der Waals surface area contributed by atoms with E-state index in [9.17, 15) is 0 Å². The first-order valence-corrected chi connectivity index (χ1v) is 4.55. The highest BCUT2D eigenvalue weighted by Gasteiger charge is 2.07. The summed E-state index contributed by atoms with van der Waals surface area (Å²) < 4.78 is 0. The maximum atomic E-state index is 5.54. The highest BCUT2D eigenvalue weighted by atomic mass is 15.0. The molecule has 0 aromatic carbocycles. The van der Waals surface area contributed by atoms with Crippen molar-refractivity contribution in [2.75, 3.05) is 5.73 Å². The normalized spacial score (nSPS) is 11.1. The lowest BCUT2D eigenvalue weighted by molar-refractivity contribution is 0.869. The zero-order valence-electron chi connectivity index (χ0n) is 8.23. The summed E-state index contributed by atoms with van der Waals surface area (Å²) in [5, 5.41) is 0. The van der Waals surface area contributed by atoms with Crippen LogP contribution in [0.2, 0.25) is 0 Å². The van der Waals surface area contributed by atoms with E-state index in [1.807, 2.05) is 6.07 Å². The molecule has 2 aromatic heterocycles. The lowest BCUT2D eigenvalue weighted by Crippen LogP contribution is -1.98. The van der Waals surface area contributed by atoms with Gasteiger partial charge in [0.15, 0.2) is 5.65 Å². The van der Waals surface area contributed by atoms with E-state index < -0.39 is 0 Å². The fourth-order valence-electron chi connectivity index (χ4n) is 1.42. The Bertz CT molecular complexity index is 465. The molecule has 14 heavy (non-hydrogen) atoms. The molecule has 0 spiro atoms. The van der Waals surface area contributed by atoms with Gasteiger partial charge in [-0.2, -0.15) is 0 Å². The number of pyridine rings is 1. The number of nitrogens with two attached hydrogens (primary N) is 1. The van der Waals surface area contributed by atoms with Crippen molar-refractivity contribution in [3.63, 3.8) is 0 Å². The van der Waals surface area contributed by atoms with E-state index in [0.717, 1.165) is 11.1 Å². The van der Waals surface area contributed by atoms with Crippen molar-refractivity contribution in [2.24, 2.45) is 0 Å². The predicted molar refractivity (Wildman–Crippen MR) is 55.8 cm³/mol. The number of rotatable bonds is 1. The smallest absolute Gasteiger partial charge is 0.180 e. The second-order valence-corrected chi connectivity index (χ2v) is 3.52. The number of nitrogens with zero attached hydrogens (tertiary/aromatic N) is 3.